The highest BCUT2D eigenvalue weighted by atomic mass is 32.1. The number of pyridine rings is 1. The first-order chi connectivity index (χ1) is 13.7. The quantitative estimate of drug-likeness (QED) is 0.713. The third-order valence-electron chi connectivity index (χ3n) is 5.26. The normalized spacial score (nSPS) is 14.9. The van der Waals surface area contributed by atoms with Crippen molar-refractivity contribution in [3.63, 3.8) is 0 Å². The number of carbonyl (C=O) groups excluding carboxylic acids is 1. The molecule has 2 N–H and O–H groups in total. The van der Waals surface area contributed by atoms with Crippen molar-refractivity contribution >= 4 is 22.4 Å². The van der Waals surface area contributed by atoms with Crippen LogP contribution >= 0.6 is 11.3 Å². The lowest BCUT2D eigenvalue weighted by Gasteiger charge is -2.17. The van der Waals surface area contributed by atoms with Crippen molar-refractivity contribution in [3.05, 3.63) is 62.4 Å². The van der Waals surface area contributed by atoms with E-state index in [1.165, 1.54) is 16.9 Å². The molecule has 0 saturated carbocycles. The summed E-state index contributed by atoms with van der Waals surface area (Å²) < 4.78 is 5.66. The van der Waals surface area contributed by atoms with Crippen LogP contribution in [0.3, 0.4) is 0 Å². The molecule has 0 radical (unpaired) electrons. The highest BCUT2D eigenvalue weighted by Gasteiger charge is 2.19. The van der Waals surface area contributed by atoms with Crippen molar-refractivity contribution in [3.8, 4) is 17.0 Å². The molecule has 142 valence electrons. The van der Waals surface area contributed by atoms with Gasteiger partial charge in [-0.05, 0) is 67.5 Å². The van der Waals surface area contributed by atoms with Gasteiger partial charge in [0.25, 0.3) is 11.5 Å². The smallest absolute Gasteiger partial charge is 0.263 e. The number of anilines is 1. The topological polar surface area (TPSA) is 84.1 Å². The fourth-order valence-corrected chi connectivity index (χ4v) is 4.54. The van der Waals surface area contributed by atoms with E-state index in [0.29, 0.717) is 5.13 Å². The summed E-state index contributed by atoms with van der Waals surface area (Å²) in [5, 5.41) is 5.16. The standard InChI is InChI=1S/C21H19N3O3S/c25-19-15(10-12-3-1-5-16(12)22-19)20(26)24-21-23-17(11-28-21)13-6-7-18-14(9-13)4-2-8-27-18/h6-7,9-11H,1-5,8H2,(H,22,25)(H,23,24,26). The number of hydrogen-bond acceptors (Lipinski definition) is 5. The molecule has 5 rings (SSSR count). The van der Waals surface area contributed by atoms with Crippen molar-refractivity contribution in [1.82, 2.24) is 9.97 Å². The van der Waals surface area contributed by atoms with Gasteiger partial charge in [-0.2, -0.15) is 0 Å². The average molecular weight is 393 g/mol. The van der Waals surface area contributed by atoms with Gasteiger partial charge < -0.3 is 9.72 Å². The van der Waals surface area contributed by atoms with Crippen LogP contribution in [0.5, 0.6) is 5.75 Å². The van der Waals surface area contributed by atoms with Crippen molar-refractivity contribution in [2.24, 2.45) is 0 Å². The molecule has 3 heterocycles. The summed E-state index contributed by atoms with van der Waals surface area (Å²) in [5.41, 5.74) is 4.79. The minimum absolute atomic E-state index is 0.142. The number of hydrogen-bond donors (Lipinski definition) is 2. The maximum atomic E-state index is 12.6. The van der Waals surface area contributed by atoms with Crippen molar-refractivity contribution in [2.45, 2.75) is 32.1 Å². The van der Waals surface area contributed by atoms with Gasteiger partial charge >= 0.3 is 0 Å². The molecule has 0 unspecified atom stereocenters. The molecule has 2 aliphatic rings. The Balaban J connectivity index is 1.37. The van der Waals surface area contributed by atoms with Crippen LogP contribution in [-0.4, -0.2) is 22.5 Å². The summed E-state index contributed by atoms with van der Waals surface area (Å²) in [7, 11) is 0. The number of H-pyrrole nitrogens is 1. The summed E-state index contributed by atoms with van der Waals surface area (Å²) in [5.74, 6) is 0.519. The number of amides is 1. The first kappa shape index (κ1) is 17.2. The number of benzene rings is 1. The number of fused-ring (bicyclic) bond motifs is 2. The van der Waals surface area contributed by atoms with E-state index in [1.807, 2.05) is 17.5 Å². The molecular formula is C21H19N3O3S. The zero-order chi connectivity index (χ0) is 19.1. The number of aromatic nitrogens is 2. The Morgan fingerprint density at radius 1 is 1.14 bits per heavy atom. The lowest BCUT2D eigenvalue weighted by atomic mass is 10.0. The molecule has 1 aromatic carbocycles. The Kier molecular flexibility index (Phi) is 4.24. The molecule has 2 aromatic heterocycles. The van der Waals surface area contributed by atoms with E-state index < -0.39 is 5.91 Å². The average Bonchev–Trinajstić information content (AvgIpc) is 3.36. The zero-order valence-electron chi connectivity index (χ0n) is 15.2. The molecule has 1 amide bonds. The van der Waals surface area contributed by atoms with Crippen LogP contribution in [0, 0.1) is 0 Å². The highest BCUT2D eigenvalue weighted by molar-refractivity contribution is 7.14. The van der Waals surface area contributed by atoms with Gasteiger partial charge in [-0.15, -0.1) is 11.3 Å². The van der Waals surface area contributed by atoms with Gasteiger partial charge in [-0.25, -0.2) is 4.98 Å². The van der Waals surface area contributed by atoms with Gasteiger partial charge in [-0.1, -0.05) is 0 Å². The summed E-state index contributed by atoms with van der Waals surface area (Å²) in [6.07, 6.45) is 4.80. The fraction of sp³-hybridized carbons (Fsp3) is 0.286. The van der Waals surface area contributed by atoms with Gasteiger partial charge in [0.2, 0.25) is 0 Å². The van der Waals surface area contributed by atoms with E-state index in [-0.39, 0.29) is 11.1 Å². The number of nitrogens with one attached hydrogen (secondary N) is 2. The second kappa shape index (κ2) is 6.91. The largest absolute Gasteiger partial charge is 0.493 e. The Labute approximate surface area is 165 Å². The third-order valence-corrected chi connectivity index (χ3v) is 6.02. The summed E-state index contributed by atoms with van der Waals surface area (Å²) in [6, 6.07) is 7.77. The molecular weight excluding hydrogens is 374 g/mol. The molecule has 0 fully saturated rings. The van der Waals surface area contributed by atoms with Crippen LogP contribution in [0.1, 0.15) is 40.0 Å². The van der Waals surface area contributed by atoms with Gasteiger partial charge in [0, 0.05) is 16.6 Å². The van der Waals surface area contributed by atoms with E-state index in [9.17, 15) is 9.59 Å². The molecule has 0 spiro atoms. The van der Waals surface area contributed by atoms with E-state index >= 15 is 0 Å². The third kappa shape index (κ3) is 3.11. The minimum atomic E-state index is -0.421. The van der Waals surface area contributed by atoms with Gasteiger partial charge in [0.15, 0.2) is 5.13 Å². The van der Waals surface area contributed by atoms with Crippen LogP contribution in [0.25, 0.3) is 11.3 Å². The van der Waals surface area contributed by atoms with E-state index in [4.69, 9.17) is 4.74 Å². The van der Waals surface area contributed by atoms with Crippen LogP contribution in [0.15, 0.2) is 34.4 Å². The van der Waals surface area contributed by atoms with Crippen LogP contribution in [0.4, 0.5) is 5.13 Å². The van der Waals surface area contributed by atoms with Gasteiger partial charge in [-0.3, -0.25) is 14.9 Å². The molecule has 7 heteroatoms. The van der Waals surface area contributed by atoms with Crippen molar-refractivity contribution in [1.29, 1.82) is 0 Å². The second-order valence-electron chi connectivity index (χ2n) is 7.14. The highest BCUT2D eigenvalue weighted by Crippen LogP contribution is 2.31. The number of carbonyl (C=O) groups is 1. The molecule has 0 saturated heterocycles. The Morgan fingerprint density at radius 3 is 2.96 bits per heavy atom. The Morgan fingerprint density at radius 2 is 2.04 bits per heavy atom. The summed E-state index contributed by atoms with van der Waals surface area (Å²) in [4.78, 5) is 32.2. The number of nitrogens with zero attached hydrogens (tertiary/aromatic N) is 1. The van der Waals surface area contributed by atoms with E-state index in [0.717, 1.165) is 67.0 Å². The SMILES string of the molecule is O=C(Nc1nc(-c2ccc3c(c2)CCCO3)cs1)c1cc2c([nH]c1=O)CCC2. The number of thiazole rings is 1. The minimum Gasteiger partial charge on any atom is -0.493 e. The number of aryl methyl sites for hydroxylation is 3. The molecule has 0 atom stereocenters. The van der Waals surface area contributed by atoms with E-state index in [1.54, 1.807) is 6.07 Å². The number of ether oxygens (including phenoxy) is 1. The summed E-state index contributed by atoms with van der Waals surface area (Å²) in [6.45, 7) is 0.765. The van der Waals surface area contributed by atoms with Crippen LogP contribution in [0.2, 0.25) is 0 Å². The molecule has 6 nitrogen and oxygen atoms in total. The fourth-order valence-electron chi connectivity index (χ4n) is 3.83. The molecule has 3 aromatic rings. The molecule has 1 aliphatic carbocycles. The van der Waals surface area contributed by atoms with Gasteiger partial charge in [0.05, 0.1) is 12.3 Å². The predicted octanol–water partition coefficient (Wildman–Crippen LogP) is 3.56. The maximum Gasteiger partial charge on any atom is 0.263 e. The second-order valence-corrected chi connectivity index (χ2v) is 7.99. The lowest BCUT2D eigenvalue weighted by Crippen LogP contribution is -2.24. The van der Waals surface area contributed by atoms with Crippen molar-refractivity contribution in [2.75, 3.05) is 11.9 Å². The van der Waals surface area contributed by atoms with Crippen LogP contribution < -0.4 is 15.6 Å². The zero-order valence-corrected chi connectivity index (χ0v) is 16.0. The van der Waals surface area contributed by atoms with Crippen LogP contribution in [-0.2, 0) is 19.3 Å². The number of aromatic amines is 1. The lowest BCUT2D eigenvalue weighted by molar-refractivity contribution is 0.102. The molecule has 28 heavy (non-hydrogen) atoms. The molecule has 1 aliphatic heterocycles. The van der Waals surface area contributed by atoms with Crippen molar-refractivity contribution < 1.29 is 9.53 Å². The monoisotopic (exact) mass is 393 g/mol. The first-order valence-corrected chi connectivity index (χ1v) is 10.3. The summed E-state index contributed by atoms with van der Waals surface area (Å²) >= 11 is 1.35. The predicted molar refractivity (Wildman–Crippen MR) is 108 cm³/mol. The van der Waals surface area contributed by atoms with Gasteiger partial charge in [0.1, 0.15) is 11.3 Å². The number of rotatable bonds is 3. The maximum absolute atomic E-state index is 12.6. The molecule has 0 bridgehead atoms. The Hall–Kier alpha value is -2.93. The first-order valence-electron chi connectivity index (χ1n) is 9.45. The Bertz CT molecular complexity index is 1130. The van der Waals surface area contributed by atoms with E-state index in [2.05, 4.69) is 21.4 Å².